The molecular weight excluding hydrogens is 370 g/mol. The Labute approximate surface area is 171 Å². The molecule has 1 aliphatic carbocycles. The van der Waals surface area contributed by atoms with Crippen LogP contribution < -0.4 is 10.1 Å². The summed E-state index contributed by atoms with van der Waals surface area (Å²) in [5, 5.41) is 13.0. The second-order valence-corrected chi connectivity index (χ2v) is 8.24. The molecule has 2 unspecified atom stereocenters. The van der Waals surface area contributed by atoms with Crippen LogP contribution >= 0.6 is 0 Å². The van der Waals surface area contributed by atoms with E-state index in [2.05, 4.69) is 5.32 Å². The number of aliphatic hydroxyl groups excluding tert-OH is 1. The fourth-order valence-corrected chi connectivity index (χ4v) is 4.70. The number of benzene rings is 1. The lowest BCUT2D eigenvalue weighted by atomic mass is 9.92. The Hall–Kier alpha value is -2.54. The first-order chi connectivity index (χ1) is 13.9. The van der Waals surface area contributed by atoms with E-state index in [1.165, 1.54) is 6.42 Å². The minimum atomic E-state index is -0.683. The van der Waals surface area contributed by atoms with Crippen molar-refractivity contribution in [1.29, 1.82) is 0 Å². The maximum Gasteiger partial charge on any atom is 0.322 e. The Morgan fingerprint density at radius 1 is 1.17 bits per heavy atom. The highest BCUT2D eigenvalue weighted by Gasteiger charge is 2.45. The number of hydrogen-bond acceptors (Lipinski definition) is 4. The van der Waals surface area contributed by atoms with Gasteiger partial charge in [0.15, 0.2) is 0 Å². The first-order valence-corrected chi connectivity index (χ1v) is 10.4. The van der Waals surface area contributed by atoms with E-state index in [1.54, 1.807) is 32.0 Å². The molecule has 0 bridgehead atoms. The summed E-state index contributed by atoms with van der Waals surface area (Å²) >= 11 is 0. The molecular formula is C22H29N3O4. The second-order valence-electron chi connectivity index (χ2n) is 8.24. The SMILES string of the molecule is COc1cc(C(C)O)cc(C2NC(=O)N(C)C3=C2C(=O)N(C2CCCCC2)C3)c1. The molecule has 0 aromatic heterocycles. The largest absolute Gasteiger partial charge is 0.497 e. The van der Waals surface area contributed by atoms with Gasteiger partial charge in [-0.3, -0.25) is 9.69 Å². The standard InChI is InChI=1S/C22H29N3O4/c1-13(26)14-9-15(11-17(10-14)29-3)20-19-18(24(2)22(28)23-20)12-25(21(19)27)16-7-5-4-6-8-16/h9-11,13,16,20,26H,4-8,12H2,1-3H3,(H,23,28). The molecule has 2 heterocycles. The van der Waals surface area contributed by atoms with Gasteiger partial charge in [-0.05, 0) is 43.0 Å². The van der Waals surface area contributed by atoms with Gasteiger partial charge in [-0.15, -0.1) is 0 Å². The lowest BCUT2D eigenvalue weighted by Gasteiger charge is -2.31. The Morgan fingerprint density at radius 2 is 1.90 bits per heavy atom. The van der Waals surface area contributed by atoms with Crippen LogP contribution in [0.3, 0.4) is 0 Å². The van der Waals surface area contributed by atoms with E-state index in [0.717, 1.165) is 36.9 Å². The van der Waals surface area contributed by atoms with Crippen molar-refractivity contribution in [1.82, 2.24) is 15.1 Å². The summed E-state index contributed by atoms with van der Waals surface area (Å²) < 4.78 is 5.39. The van der Waals surface area contributed by atoms with Gasteiger partial charge in [-0.1, -0.05) is 25.3 Å². The fourth-order valence-electron chi connectivity index (χ4n) is 4.70. The molecule has 2 N–H and O–H groups in total. The molecule has 4 rings (SSSR count). The van der Waals surface area contributed by atoms with Crippen LogP contribution in [-0.2, 0) is 4.79 Å². The highest BCUT2D eigenvalue weighted by molar-refractivity contribution is 6.01. The van der Waals surface area contributed by atoms with Gasteiger partial charge in [0.1, 0.15) is 5.75 Å². The van der Waals surface area contributed by atoms with Gasteiger partial charge in [0.2, 0.25) is 0 Å². The molecule has 2 atom stereocenters. The first-order valence-electron chi connectivity index (χ1n) is 10.4. The number of nitrogens with zero attached hydrogens (tertiary/aromatic N) is 2. The topological polar surface area (TPSA) is 82.1 Å². The second kappa shape index (κ2) is 7.71. The summed E-state index contributed by atoms with van der Waals surface area (Å²) in [6.45, 7) is 2.16. The van der Waals surface area contributed by atoms with E-state index in [0.29, 0.717) is 23.4 Å². The molecule has 1 aromatic rings. The lowest BCUT2D eigenvalue weighted by molar-refractivity contribution is -0.128. The Kier molecular flexibility index (Phi) is 5.25. The predicted octanol–water partition coefficient (Wildman–Crippen LogP) is 2.87. The van der Waals surface area contributed by atoms with Gasteiger partial charge < -0.3 is 20.1 Å². The minimum Gasteiger partial charge on any atom is -0.497 e. The van der Waals surface area contributed by atoms with Crippen molar-refractivity contribution in [2.24, 2.45) is 0 Å². The van der Waals surface area contributed by atoms with Crippen LogP contribution in [0.25, 0.3) is 0 Å². The average Bonchev–Trinajstić information content (AvgIpc) is 3.08. The van der Waals surface area contributed by atoms with Crippen molar-refractivity contribution in [3.63, 3.8) is 0 Å². The summed E-state index contributed by atoms with van der Waals surface area (Å²) in [5.74, 6) is 0.591. The van der Waals surface area contributed by atoms with Crippen molar-refractivity contribution in [3.05, 3.63) is 40.6 Å². The van der Waals surface area contributed by atoms with Crippen LogP contribution in [0.5, 0.6) is 5.75 Å². The number of carbonyl (C=O) groups is 2. The molecule has 7 nitrogen and oxygen atoms in total. The van der Waals surface area contributed by atoms with Crippen LogP contribution in [0.2, 0.25) is 0 Å². The molecule has 7 heteroatoms. The Bertz CT molecular complexity index is 858. The van der Waals surface area contributed by atoms with Crippen molar-refractivity contribution < 1.29 is 19.4 Å². The molecule has 1 saturated carbocycles. The summed E-state index contributed by atoms with van der Waals surface area (Å²) in [6.07, 6.45) is 4.87. The van der Waals surface area contributed by atoms with E-state index >= 15 is 0 Å². The number of carbonyl (C=O) groups excluding carboxylic acids is 2. The molecule has 3 amide bonds. The molecule has 0 radical (unpaired) electrons. The van der Waals surface area contributed by atoms with Crippen LogP contribution in [0, 0.1) is 0 Å². The fraction of sp³-hybridized carbons (Fsp3) is 0.545. The van der Waals surface area contributed by atoms with Crippen molar-refractivity contribution in [2.45, 2.75) is 57.2 Å². The van der Waals surface area contributed by atoms with Crippen LogP contribution in [0.4, 0.5) is 4.79 Å². The third kappa shape index (κ3) is 3.48. The highest BCUT2D eigenvalue weighted by Crippen LogP contribution is 2.39. The summed E-state index contributed by atoms with van der Waals surface area (Å²) in [6, 6.07) is 4.89. The monoisotopic (exact) mass is 399 g/mol. The van der Waals surface area contributed by atoms with Crippen molar-refractivity contribution in [3.8, 4) is 5.75 Å². The van der Waals surface area contributed by atoms with Gasteiger partial charge in [-0.25, -0.2) is 4.79 Å². The zero-order chi connectivity index (χ0) is 20.7. The van der Waals surface area contributed by atoms with E-state index in [-0.39, 0.29) is 18.0 Å². The number of amides is 3. The normalized spacial score (nSPS) is 23.9. The molecule has 0 saturated heterocycles. The summed E-state index contributed by atoms with van der Waals surface area (Å²) in [7, 11) is 3.28. The number of likely N-dealkylation sites (N-methyl/N-ethyl adjacent to an activating group) is 1. The highest BCUT2D eigenvalue weighted by atomic mass is 16.5. The molecule has 3 aliphatic rings. The Morgan fingerprint density at radius 3 is 2.55 bits per heavy atom. The van der Waals surface area contributed by atoms with Crippen molar-refractivity contribution in [2.75, 3.05) is 20.7 Å². The van der Waals surface area contributed by atoms with Crippen molar-refractivity contribution >= 4 is 11.9 Å². The zero-order valence-electron chi connectivity index (χ0n) is 17.3. The molecule has 0 spiro atoms. The number of aliphatic hydroxyl groups is 1. The molecule has 1 fully saturated rings. The maximum atomic E-state index is 13.5. The molecule has 156 valence electrons. The quantitative estimate of drug-likeness (QED) is 0.816. The number of nitrogens with one attached hydrogen (secondary N) is 1. The number of hydrogen-bond donors (Lipinski definition) is 2. The molecule has 2 aliphatic heterocycles. The van der Waals surface area contributed by atoms with Crippen LogP contribution in [0.15, 0.2) is 29.5 Å². The smallest absolute Gasteiger partial charge is 0.322 e. The molecule has 29 heavy (non-hydrogen) atoms. The van der Waals surface area contributed by atoms with Gasteiger partial charge >= 0.3 is 6.03 Å². The van der Waals surface area contributed by atoms with E-state index in [4.69, 9.17) is 4.74 Å². The maximum absolute atomic E-state index is 13.5. The van der Waals surface area contributed by atoms with Gasteiger partial charge in [0.05, 0.1) is 37.1 Å². The number of rotatable bonds is 4. The third-order valence-corrected chi connectivity index (χ3v) is 6.41. The lowest BCUT2D eigenvalue weighted by Crippen LogP contribution is -2.45. The number of urea groups is 1. The van der Waals surface area contributed by atoms with E-state index < -0.39 is 12.1 Å². The third-order valence-electron chi connectivity index (χ3n) is 6.41. The zero-order valence-corrected chi connectivity index (χ0v) is 17.3. The average molecular weight is 399 g/mol. The molecule has 1 aromatic carbocycles. The van der Waals surface area contributed by atoms with E-state index in [1.807, 2.05) is 17.0 Å². The first kappa shape index (κ1) is 19.8. The van der Waals surface area contributed by atoms with Crippen LogP contribution in [-0.4, -0.2) is 53.6 Å². The van der Waals surface area contributed by atoms with Gasteiger partial charge in [0, 0.05) is 13.1 Å². The summed E-state index contributed by atoms with van der Waals surface area (Å²) in [5.41, 5.74) is 2.83. The number of ether oxygens (including phenoxy) is 1. The number of methoxy groups -OCH3 is 1. The predicted molar refractivity (Wildman–Crippen MR) is 108 cm³/mol. The van der Waals surface area contributed by atoms with Crippen LogP contribution in [0.1, 0.15) is 62.3 Å². The van der Waals surface area contributed by atoms with Gasteiger partial charge in [-0.2, -0.15) is 0 Å². The van der Waals surface area contributed by atoms with Gasteiger partial charge in [0.25, 0.3) is 5.91 Å². The summed E-state index contributed by atoms with van der Waals surface area (Å²) in [4.78, 5) is 29.6. The van der Waals surface area contributed by atoms with E-state index in [9.17, 15) is 14.7 Å². The Balaban J connectivity index is 1.73. The minimum absolute atomic E-state index is 0.00478.